The first-order valence-electron chi connectivity index (χ1n) is 9.51. The molecular weight excluding hydrogens is 656 g/mol. The molecule has 1 aliphatic rings. The van der Waals surface area contributed by atoms with Gasteiger partial charge in [0.1, 0.15) is 11.4 Å². The van der Waals surface area contributed by atoms with Crippen molar-refractivity contribution in [1.82, 2.24) is 13.1 Å². The Morgan fingerprint density at radius 2 is 1.42 bits per heavy atom. The summed E-state index contributed by atoms with van der Waals surface area (Å²) in [6.45, 7) is 0. The van der Waals surface area contributed by atoms with Gasteiger partial charge in [-0.15, -0.1) is 0 Å². The van der Waals surface area contributed by atoms with Crippen LogP contribution in [0.15, 0.2) is 54.6 Å². The first kappa shape index (κ1) is 24.7. The highest BCUT2D eigenvalue weighted by Crippen LogP contribution is 2.23. The molecule has 170 valence electrons. The Bertz CT molecular complexity index is 1310. The number of fused-ring (bicyclic) bond motifs is 2. The lowest BCUT2D eigenvalue weighted by molar-refractivity contribution is -0.130. The highest BCUT2D eigenvalue weighted by molar-refractivity contribution is 14.1. The first-order valence-corrected chi connectivity index (χ1v) is 11.6. The number of aromatic carboxylic acids is 2. The largest absolute Gasteiger partial charge is 0.477 e. The molecule has 0 saturated carbocycles. The summed E-state index contributed by atoms with van der Waals surface area (Å²) in [6, 6.07) is 16.6. The van der Waals surface area contributed by atoms with Crippen LogP contribution in [0, 0.1) is 3.57 Å². The SMILES string of the molecule is O=C(O)c1[nH]c2ccccc2c1I.O=C(O)c1cc2ccccc2[nH]1.O=C1CCC(=O)N1I. The lowest BCUT2D eigenvalue weighted by Gasteiger charge is -1.97. The van der Waals surface area contributed by atoms with Crippen LogP contribution in [0.3, 0.4) is 0 Å². The summed E-state index contributed by atoms with van der Waals surface area (Å²) in [5, 5.41) is 19.4. The second-order valence-electron chi connectivity index (χ2n) is 6.81. The smallest absolute Gasteiger partial charge is 0.353 e. The molecule has 4 aromatic rings. The fourth-order valence-corrected chi connectivity index (χ4v) is 4.31. The van der Waals surface area contributed by atoms with E-state index in [1.165, 1.54) is 0 Å². The van der Waals surface area contributed by atoms with Gasteiger partial charge < -0.3 is 20.2 Å². The molecule has 1 saturated heterocycles. The maximum Gasteiger partial charge on any atom is 0.353 e. The van der Waals surface area contributed by atoms with Crippen LogP contribution in [0.1, 0.15) is 33.8 Å². The Hall–Kier alpha value is -2.94. The molecule has 2 aromatic heterocycles. The highest BCUT2D eigenvalue weighted by Gasteiger charge is 2.26. The van der Waals surface area contributed by atoms with E-state index in [1.807, 2.05) is 71.1 Å². The molecule has 5 rings (SSSR count). The third-order valence-electron chi connectivity index (χ3n) is 4.61. The van der Waals surface area contributed by atoms with Gasteiger partial charge in [0.05, 0.1) is 26.4 Å². The third kappa shape index (κ3) is 5.90. The van der Waals surface area contributed by atoms with Gasteiger partial charge in [-0.3, -0.25) is 9.59 Å². The topological polar surface area (TPSA) is 144 Å². The number of aromatic nitrogens is 2. The number of carbonyl (C=O) groups excluding carboxylic acids is 2. The van der Waals surface area contributed by atoms with Crippen molar-refractivity contribution in [3.8, 4) is 0 Å². The molecule has 0 spiro atoms. The molecule has 0 atom stereocenters. The van der Waals surface area contributed by atoms with Crippen LogP contribution in [0.25, 0.3) is 21.8 Å². The fourth-order valence-electron chi connectivity index (χ4n) is 2.99. The quantitative estimate of drug-likeness (QED) is 0.137. The number of para-hydroxylation sites is 2. The van der Waals surface area contributed by atoms with Crippen molar-refractivity contribution in [3.63, 3.8) is 0 Å². The number of hydrogen-bond acceptors (Lipinski definition) is 4. The molecular formula is C22H17I2N3O6. The monoisotopic (exact) mass is 673 g/mol. The molecule has 3 heterocycles. The van der Waals surface area contributed by atoms with Crippen LogP contribution in [0.5, 0.6) is 0 Å². The van der Waals surface area contributed by atoms with E-state index in [-0.39, 0.29) is 23.2 Å². The standard InChI is InChI=1S/C9H6INO2.C9H7NO2.C4H4INO2/c10-7-5-3-1-2-4-6(5)11-8(7)9(12)13;11-9(12)8-5-6-3-1-2-4-7(6)10-8;5-6-3(7)1-2-4(6)8/h1-4,11H,(H,12,13);1-5,10H,(H,11,12);1-2H2. The Balaban J connectivity index is 0.000000143. The van der Waals surface area contributed by atoms with Gasteiger partial charge in [0.2, 0.25) is 11.8 Å². The maximum absolute atomic E-state index is 10.8. The summed E-state index contributed by atoms with van der Waals surface area (Å²) in [5.74, 6) is -1.99. The summed E-state index contributed by atoms with van der Waals surface area (Å²) < 4.78 is 1.90. The predicted octanol–water partition coefficient (Wildman–Crippen LogP) is 4.82. The Labute approximate surface area is 214 Å². The van der Waals surface area contributed by atoms with Crippen LogP contribution in [-0.4, -0.2) is 47.0 Å². The van der Waals surface area contributed by atoms with Gasteiger partial charge in [-0.2, -0.15) is 0 Å². The molecule has 1 aliphatic heterocycles. The summed E-state index contributed by atoms with van der Waals surface area (Å²) in [6.07, 6.45) is 0.781. The average Bonchev–Trinajstić information content (AvgIpc) is 3.47. The van der Waals surface area contributed by atoms with Crippen LogP contribution in [0.4, 0.5) is 0 Å². The molecule has 1 fully saturated rings. The van der Waals surface area contributed by atoms with Crippen molar-refractivity contribution in [2.75, 3.05) is 0 Å². The maximum atomic E-state index is 10.8. The number of carbonyl (C=O) groups is 4. The Morgan fingerprint density at radius 1 is 0.848 bits per heavy atom. The molecule has 4 N–H and O–H groups in total. The van der Waals surface area contributed by atoms with E-state index in [0.717, 1.165) is 28.5 Å². The number of H-pyrrole nitrogens is 2. The van der Waals surface area contributed by atoms with Gasteiger partial charge in [-0.25, -0.2) is 12.7 Å². The first-order chi connectivity index (χ1) is 15.7. The van der Waals surface area contributed by atoms with E-state index in [9.17, 15) is 19.2 Å². The van der Waals surface area contributed by atoms with Gasteiger partial charge in [-0.05, 0) is 40.8 Å². The number of imide groups is 1. The zero-order valence-corrected chi connectivity index (χ0v) is 21.2. The van der Waals surface area contributed by atoms with E-state index in [4.69, 9.17) is 10.2 Å². The van der Waals surface area contributed by atoms with E-state index in [1.54, 1.807) is 28.9 Å². The number of benzene rings is 2. The minimum atomic E-state index is -0.925. The third-order valence-corrected chi connectivity index (χ3v) is 6.80. The zero-order valence-electron chi connectivity index (χ0n) is 16.8. The van der Waals surface area contributed by atoms with Crippen LogP contribution < -0.4 is 0 Å². The van der Waals surface area contributed by atoms with E-state index in [0.29, 0.717) is 12.8 Å². The molecule has 0 aliphatic carbocycles. The number of aromatic amines is 2. The molecule has 9 nitrogen and oxygen atoms in total. The Kier molecular flexibility index (Phi) is 8.07. The number of carboxylic acid groups (broad SMARTS) is 2. The summed E-state index contributed by atoms with van der Waals surface area (Å²) in [5.41, 5.74) is 2.22. The molecule has 33 heavy (non-hydrogen) atoms. The number of halogens is 2. The van der Waals surface area contributed by atoms with Crippen molar-refractivity contribution < 1.29 is 29.4 Å². The fraction of sp³-hybridized carbons (Fsp3) is 0.0909. The molecule has 2 aromatic carbocycles. The average molecular weight is 673 g/mol. The van der Waals surface area contributed by atoms with Crippen molar-refractivity contribution in [2.45, 2.75) is 12.8 Å². The normalized spacial score (nSPS) is 12.8. The van der Waals surface area contributed by atoms with Gasteiger partial charge in [0, 0.05) is 34.6 Å². The van der Waals surface area contributed by atoms with Crippen molar-refractivity contribution in [3.05, 3.63) is 69.6 Å². The van der Waals surface area contributed by atoms with Gasteiger partial charge in [-0.1, -0.05) is 36.4 Å². The van der Waals surface area contributed by atoms with Crippen LogP contribution >= 0.6 is 45.5 Å². The van der Waals surface area contributed by atoms with Gasteiger partial charge in [0.15, 0.2) is 0 Å². The zero-order chi connectivity index (χ0) is 24.1. The van der Waals surface area contributed by atoms with Crippen molar-refractivity contribution in [2.24, 2.45) is 0 Å². The second kappa shape index (κ2) is 10.8. The molecule has 0 radical (unpaired) electrons. The number of nitrogens with zero attached hydrogens (tertiary/aromatic N) is 1. The van der Waals surface area contributed by atoms with Crippen molar-refractivity contribution >= 4 is 91.0 Å². The molecule has 11 heteroatoms. The summed E-state index contributed by atoms with van der Waals surface area (Å²) in [4.78, 5) is 47.9. The lowest BCUT2D eigenvalue weighted by Crippen LogP contribution is -2.16. The van der Waals surface area contributed by atoms with Gasteiger partial charge in [0.25, 0.3) is 0 Å². The summed E-state index contributed by atoms with van der Waals surface area (Å²) in [7, 11) is 0. The molecule has 2 amide bonds. The molecule has 0 unspecified atom stereocenters. The minimum Gasteiger partial charge on any atom is -0.477 e. The van der Waals surface area contributed by atoms with E-state index in [2.05, 4.69) is 9.97 Å². The Morgan fingerprint density at radius 3 is 1.91 bits per heavy atom. The minimum absolute atomic E-state index is 0.0735. The van der Waals surface area contributed by atoms with Gasteiger partial charge >= 0.3 is 11.9 Å². The van der Waals surface area contributed by atoms with E-state index >= 15 is 0 Å². The lowest BCUT2D eigenvalue weighted by atomic mass is 10.2. The number of nitrogens with one attached hydrogen (secondary N) is 2. The number of carboxylic acids is 2. The van der Waals surface area contributed by atoms with Crippen LogP contribution in [0.2, 0.25) is 0 Å². The number of hydrogen-bond donors (Lipinski definition) is 4. The van der Waals surface area contributed by atoms with E-state index < -0.39 is 11.9 Å². The second-order valence-corrected chi connectivity index (χ2v) is 8.85. The number of rotatable bonds is 2. The highest BCUT2D eigenvalue weighted by atomic mass is 127. The molecule has 0 bridgehead atoms. The van der Waals surface area contributed by atoms with Crippen molar-refractivity contribution in [1.29, 1.82) is 0 Å². The van der Waals surface area contributed by atoms with Crippen LogP contribution in [-0.2, 0) is 9.59 Å². The summed E-state index contributed by atoms with van der Waals surface area (Å²) >= 11 is 3.76. The predicted molar refractivity (Wildman–Crippen MR) is 138 cm³/mol. The number of amides is 2.